The Labute approximate surface area is 275 Å². The summed E-state index contributed by atoms with van der Waals surface area (Å²) in [5.74, 6) is 0.519. The number of urea groups is 1. The van der Waals surface area contributed by atoms with Gasteiger partial charge < -0.3 is 10.1 Å². The Morgan fingerprint density at radius 3 is 2.47 bits per heavy atom. The van der Waals surface area contributed by atoms with Crippen LogP contribution >= 0.6 is 11.8 Å². The van der Waals surface area contributed by atoms with E-state index in [0.717, 1.165) is 47.2 Å². The maximum Gasteiger partial charge on any atom is 0.573 e. The number of nitrogens with one attached hydrogen (secondary N) is 1. The first kappa shape index (κ1) is 33.7. The molecular formula is C34H35F3N6O3S. The first-order chi connectivity index (χ1) is 22.4. The van der Waals surface area contributed by atoms with Gasteiger partial charge in [0.2, 0.25) is 5.91 Å². The average molecular weight is 665 g/mol. The van der Waals surface area contributed by atoms with Gasteiger partial charge in [0, 0.05) is 11.6 Å². The zero-order chi connectivity index (χ0) is 33.7. The number of carbonyl (C=O) groups excluding carboxylic acids is 2. The number of amides is 3. The molecule has 3 amide bonds. The lowest BCUT2D eigenvalue weighted by Crippen LogP contribution is -2.34. The highest BCUT2D eigenvalue weighted by molar-refractivity contribution is 8.15. The maximum atomic E-state index is 12.8. The van der Waals surface area contributed by atoms with Crippen LogP contribution in [0, 0.1) is 6.92 Å². The van der Waals surface area contributed by atoms with Crippen LogP contribution in [-0.4, -0.2) is 50.0 Å². The molecule has 0 radical (unpaired) electrons. The molecule has 0 bridgehead atoms. The molecule has 1 aliphatic heterocycles. The third-order valence-electron chi connectivity index (χ3n) is 7.59. The van der Waals surface area contributed by atoms with Crippen molar-refractivity contribution in [1.82, 2.24) is 20.1 Å². The third kappa shape index (κ3) is 8.59. The summed E-state index contributed by atoms with van der Waals surface area (Å²) in [4.78, 5) is 35.8. The van der Waals surface area contributed by atoms with Crippen molar-refractivity contribution in [3.63, 3.8) is 0 Å². The Hall–Kier alpha value is -4.65. The van der Waals surface area contributed by atoms with Gasteiger partial charge in [-0.1, -0.05) is 62.0 Å². The number of thioether (sulfide) groups is 1. The molecular weight excluding hydrogens is 629 g/mol. The van der Waals surface area contributed by atoms with E-state index in [1.807, 2.05) is 56.3 Å². The first-order valence-corrected chi connectivity index (χ1v) is 16.2. The van der Waals surface area contributed by atoms with E-state index >= 15 is 0 Å². The molecule has 0 saturated carbocycles. The van der Waals surface area contributed by atoms with Crippen LogP contribution in [0.3, 0.4) is 0 Å². The standard InChI is InChI=1S/C34H35F3N6O3S/c1-21(2)30-22(3)7-5-10-28(30)43-29(44)19-47-33(43)40-32(45)39-23(4)8-6-9-24-11-13-25(14-12-24)31-38-20-42(41-31)26-15-17-27(18-16-26)46-34(35,36)37/h5,7,10-18,20-21,23H,6,8-9,19H2,1-4H3,(H,39,45). The Morgan fingerprint density at radius 1 is 1.06 bits per heavy atom. The highest BCUT2D eigenvalue weighted by Crippen LogP contribution is 2.35. The number of carbonyl (C=O) groups is 2. The SMILES string of the molecule is Cc1cccc(N2C(=O)CSC2=NC(=O)NC(C)CCCc2ccc(-c3ncn(-c4ccc(OC(F)(F)F)cc4)n3)cc2)c1C(C)C. The van der Waals surface area contributed by atoms with Crippen LogP contribution in [0.15, 0.2) is 78.0 Å². The Morgan fingerprint density at radius 2 is 1.79 bits per heavy atom. The number of ether oxygens (including phenoxy) is 1. The molecule has 3 aromatic carbocycles. The van der Waals surface area contributed by atoms with Gasteiger partial charge in [0.1, 0.15) is 12.1 Å². The fraction of sp³-hybridized carbons (Fsp3) is 0.324. The van der Waals surface area contributed by atoms with Crippen molar-refractivity contribution in [2.24, 2.45) is 4.99 Å². The van der Waals surface area contributed by atoms with E-state index < -0.39 is 12.4 Å². The van der Waals surface area contributed by atoms with E-state index in [9.17, 15) is 22.8 Å². The van der Waals surface area contributed by atoms with Crippen LogP contribution in [0.25, 0.3) is 17.1 Å². The number of rotatable bonds is 10. The molecule has 9 nitrogen and oxygen atoms in total. The van der Waals surface area contributed by atoms with Crippen LogP contribution < -0.4 is 15.0 Å². The average Bonchev–Trinajstić information content (AvgIpc) is 3.64. The summed E-state index contributed by atoms with van der Waals surface area (Å²) in [5, 5.41) is 7.77. The van der Waals surface area contributed by atoms with E-state index in [4.69, 9.17) is 0 Å². The van der Waals surface area contributed by atoms with E-state index in [1.165, 1.54) is 47.0 Å². The van der Waals surface area contributed by atoms with E-state index in [0.29, 0.717) is 16.7 Å². The summed E-state index contributed by atoms with van der Waals surface area (Å²) in [6, 6.07) is 18.5. The molecule has 2 heterocycles. The largest absolute Gasteiger partial charge is 0.573 e. The third-order valence-corrected chi connectivity index (χ3v) is 8.52. The van der Waals surface area contributed by atoms with Crippen molar-refractivity contribution in [1.29, 1.82) is 0 Å². The monoisotopic (exact) mass is 664 g/mol. The van der Waals surface area contributed by atoms with Crippen molar-refractivity contribution >= 4 is 34.6 Å². The minimum atomic E-state index is -4.75. The number of aromatic nitrogens is 3. The van der Waals surface area contributed by atoms with Gasteiger partial charge in [-0.15, -0.1) is 18.3 Å². The van der Waals surface area contributed by atoms with E-state index in [2.05, 4.69) is 39.0 Å². The van der Waals surface area contributed by atoms with Gasteiger partial charge in [-0.3, -0.25) is 9.69 Å². The van der Waals surface area contributed by atoms with Crippen LogP contribution in [0.2, 0.25) is 0 Å². The van der Waals surface area contributed by atoms with Crippen LogP contribution in [0.1, 0.15) is 56.2 Å². The van der Waals surface area contributed by atoms with E-state index in [-0.39, 0.29) is 29.4 Å². The molecule has 1 N–H and O–H groups in total. The normalized spacial score (nSPS) is 15.0. The fourth-order valence-corrected chi connectivity index (χ4v) is 6.31. The predicted molar refractivity (Wildman–Crippen MR) is 177 cm³/mol. The molecule has 5 rings (SSSR count). The van der Waals surface area contributed by atoms with Gasteiger partial charge in [-0.25, -0.2) is 14.5 Å². The number of alkyl halides is 3. The lowest BCUT2D eigenvalue weighted by molar-refractivity contribution is -0.274. The number of nitrogens with zero attached hydrogens (tertiary/aromatic N) is 5. The Bertz CT molecular complexity index is 1750. The number of halogens is 3. The smallest absolute Gasteiger partial charge is 0.406 e. The number of benzene rings is 3. The molecule has 1 atom stereocenters. The summed E-state index contributed by atoms with van der Waals surface area (Å²) in [5.41, 5.74) is 5.39. The zero-order valence-corrected chi connectivity index (χ0v) is 27.2. The fourth-order valence-electron chi connectivity index (χ4n) is 5.45. The van der Waals surface area contributed by atoms with Gasteiger partial charge in [0.15, 0.2) is 11.0 Å². The second kappa shape index (κ2) is 14.4. The highest BCUT2D eigenvalue weighted by Gasteiger charge is 2.33. The number of hydrogen-bond donors (Lipinski definition) is 1. The number of amidine groups is 1. The van der Waals surface area contributed by atoms with Gasteiger partial charge in [-0.05, 0) is 86.1 Å². The summed E-state index contributed by atoms with van der Waals surface area (Å²) in [7, 11) is 0. The van der Waals surface area contributed by atoms with Gasteiger partial charge in [0.05, 0.1) is 17.1 Å². The number of aryl methyl sites for hydroxylation is 2. The van der Waals surface area contributed by atoms with Crippen LogP contribution in [0.5, 0.6) is 5.75 Å². The van der Waals surface area contributed by atoms with Crippen molar-refractivity contribution < 1.29 is 27.5 Å². The molecule has 13 heteroatoms. The number of hydrogen-bond acceptors (Lipinski definition) is 6. The Balaban J connectivity index is 1.12. The van der Waals surface area contributed by atoms with Gasteiger partial charge >= 0.3 is 12.4 Å². The summed E-state index contributed by atoms with van der Waals surface area (Å²) in [6.07, 6.45) is -0.887. The minimum Gasteiger partial charge on any atom is -0.406 e. The quantitative estimate of drug-likeness (QED) is 0.186. The molecule has 47 heavy (non-hydrogen) atoms. The summed E-state index contributed by atoms with van der Waals surface area (Å²) >= 11 is 1.27. The molecule has 1 saturated heterocycles. The van der Waals surface area contributed by atoms with Gasteiger partial charge in [0.25, 0.3) is 0 Å². The van der Waals surface area contributed by atoms with E-state index in [1.54, 1.807) is 4.90 Å². The molecule has 4 aromatic rings. The van der Waals surface area contributed by atoms with Crippen molar-refractivity contribution in [3.05, 3.63) is 89.7 Å². The molecule has 246 valence electrons. The number of aliphatic imine (C=N–C) groups is 1. The summed E-state index contributed by atoms with van der Waals surface area (Å²) in [6.45, 7) is 8.12. The van der Waals surface area contributed by atoms with Gasteiger partial charge in [-0.2, -0.15) is 4.99 Å². The molecule has 0 aliphatic carbocycles. The second-order valence-electron chi connectivity index (χ2n) is 11.6. The zero-order valence-electron chi connectivity index (χ0n) is 26.4. The molecule has 1 aliphatic rings. The molecule has 1 unspecified atom stereocenters. The lowest BCUT2D eigenvalue weighted by Gasteiger charge is -2.23. The van der Waals surface area contributed by atoms with Crippen molar-refractivity contribution in [3.8, 4) is 22.8 Å². The lowest BCUT2D eigenvalue weighted by atomic mass is 9.95. The highest BCUT2D eigenvalue weighted by atomic mass is 32.2. The van der Waals surface area contributed by atoms with Crippen molar-refractivity contribution in [2.45, 2.75) is 65.3 Å². The minimum absolute atomic E-state index is 0.0922. The number of anilines is 1. The van der Waals surface area contributed by atoms with Crippen molar-refractivity contribution in [2.75, 3.05) is 10.7 Å². The maximum absolute atomic E-state index is 12.8. The topological polar surface area (TPSA) is 102 Å². The molecule has 1 aromatic heterocycles. The predicted octanol–water partition coefficient (Wildman–Crippen LogP) is 7.82. The first-order valence-electron chi connectivity index (χ1n) is 15.2. The van der Waals surface area contributed by atoms with Crippen LogP contribution in [-0.2, 0) is 11.2 Å². The van der Waals surface area contributed by atoms with Crippen LogP contribution in [0.4, 0.5) is 23.7 Å². The summed E-state index contributed by atoms with van der Waals surface area (Å²) < 4.78 is 42.6. The Kier molecular flexibility index (Phi) is 10.3. The molecule has 1 fully saturated rings. The second-order valence-corrected chi connectivity index (χ2v) is 12.5. The molecule has 0 spiro atoms.